The minimum Gasteiger partial charge on any atom is -0.421 e. The molecule has 0 amide bonds. The number of rotatable bonds is 2. The molecule has 3 heterocycles. The maximum Gasteiger partial charge on any atom is 0.287 e. The van der Waals surface area contributed by atoms with Gasteiger partial charge in [0.2, 0.25) is 12.2 Å². The largest absolute Gasteiger partial charge is 0.421 e. The van der Waals surface area contributed by atoms with Gasteiger partial charge in [0, 0.05) is 5.27 Å². The molecule has 2 aromatic rings. The molecule has 0 fully saturated rings. The molecule has 9 heteroatoms. The van der Waals surface area contributed by atoms with E-state index in [1.54, 1.807) is 6.20 Å². The second kappa shape index (κ2) is 2.97. The highest BCUT2D eigenvalue weighted by Crippen LogP contribution is 2.21. The maximum absolute atomic E-state index is 5.27. The zero-order valence-corrected chi connectivity index (χ0v) is 7.19. The van der Waals surface area contributed by atoms with Gasteiger partial charge in [0.15, 0.2) is 6.26 Å². The van der Waals surface area contributed by atoms with Crippen LogP contribution in [0.3, 0.4) is 0 Å². The lowest BCUT2D eigenvalue weighted by Crippen LogP contribution is -2.28. The van der Waals surface area contributed by atoms with Gasteiger partial charge in [-0.3, -0.25) is 5.43 Å². The Balaban J connectivity index is 1.78. The fourth-order valence-electron chi connectivity index (χ4n) is 1.01. The Kier molecular flexibility index (Phi) is 1.54. The van der Waals surface area contributed by atoms with E-state index < -0.39 is 0 Å². The first-order chi connectivity index (χ1) is 7.43. The number of nitrogens with one attached hydrogen (secondary N) is 1. The Bertz CT molecular complexity index is 463. The Morgan fingerprint density at radius 2 is 2.33 bits per heavy atom. The summed E-state index contributed by atoms with van der Waals surface area (Å²) < 4.78 is 9.50. The third-order valence-electron chi connectivity index (χ3n) is 1.63. The molecule has 1 N–H and O–H groups in total. The van der Waals surface area contributed by atoms with Crippen LogP contribution in [0.5, 0.6) is 0 Å². The molecule has 0 saturated heterocycles. The molecule has 15 heavy (non-hydrogen) atoms. The van der Waals surface area contributed by atoms with Crippen LogP contribution in [0, 0.1) is 0 Å². The molecule has 2 aromatic heterocycles. The first-order valence-electron chi connectivity index (χ1n) is 3.91. The van der Waals surface area contributed by atoms with Gasteiger partial charge in [-0.2, -0.15) is 0 Å². The summed E-state index contributed by atoms with van der Waals surface area (Å²) in [4.78, 5) is 5.27. The highest BCUT2D eigenvalue weighted by atomic mass is 16.7. The highest BCUT2D eigenvalue weighted by Gasteiger charge is 2.23. The summed E-state index contributed by atoms with van der Waals surface area (Å²) in [5.41, 5.74) is 2.76. The first-order valence-corrected chi connectivity index (χ1v) is 3.91. The summed E-state index contributed by atoms with van der Waals surface area (Å²) >= 11 is 0. The third-order valence-corrected chi connectivity index (χ3v) is 1.63. The molecule has 76 valence electrons. The van der Waals surface area contributed by atoms with Gasteiger partial charge < -0.3 is 13.8 Å². The van der Waals surface area contributed by atoms with Gasteiger partial charge in [-0.1, -0.05) is 10.3 Å². The van der Waals surface area contributed by atoms with Crippen molar-refractivity contribution in [2.24, 2.45) is 0 Å². The predicted octanol–water partition coefficient (Wildman–Crippen LogP) is -0.293. The van der Waals surface area contributed by atoms with Crippen LogP contribution in [-0.2, 0) is 4.84 Å². The van der Waals surface area contributed by atoms with Crippen LogP contribution >= 0.6 is 0 Å². The number of hydrogen-bond donors (Lipinski definition) is 1. The molecule has 1 aliphatic rings. The van der Waals surface area contributed by atoms with Crippen LogP contribution in [0.25, 0.3) is 5.76 Å². The second-order valence-corrected chi connectivity index (χ2v) is 2.53. The van der Waals surface area contributed by atoms with Crippen molar-refractivity contribution in [3.05, 3.63) is 24.7 Å². The fraction of sp³-hybridized carbons (Fsp3) is 0. The van der Waals surface area contributed by atoms with E-state index in [1.807, 2.05) is 0 Å². The van der Waals surface area contributed by atoms with Crippen LogP contribution in [0.1, 0.15) is 5.89 Å². The summed E-state index contributed by atoms with van der Waals surface area (Å²) in [6.45, 7) is 0. The number of hydrogen-bond acceptors (Lipinski definition) is 9. The quantitative estimate of drug-likeness (QED) is 0.712. The zero-order chi connectivity index (χ0) is 10.1. The second-order valence-electron chi connectivity index (χ2n) is 2.53. The molecule has 0 radical (unpaired) electrons. The molecular formula is C6H4N6O3. The summed E-state index contributed by atoms with van der Waals surface area (Å²) in [7, 11) is 0. The van der Waals surface area contributed by atoms with E-state index in [-0.39, 0.29) is 5.89 Å². The van der Waals surface area contributed by atoms with Gasteiger partial charge in [0.1, 0.15) is 0 Å². The van der Waals surface area contributed by atoms with Gasteiger partial charge in [0.05, 0.1) is 6.20 Å². The summed E-state index contributed by atoms with van der Waals surface area (Å²) in [5.74, 6) is 1.03. The molecule has 3 rings (SSSR count). The van der Waals surface area contributed by atoms with Crippen molar-refractivity contribution >= 4 is 11.6 Å². The van der Waals surface area contributed by atoms with E-state index >= 15 is 0 Å². The molecule has 9 nitrogen and oxygen atoms in total. The van der Waals surface area contributed by atoms with Gasteiger partial charge in [0.25, 0.3) is 11.7 Å². The molecule has 1 aliphatic heterocycles. The molecule has 0 aliphatic carbocycles. The van der Waals surface area contributed by atoms with Crippen molar-refractivity contribution < 1.29 is 13.8 Å². The lowest BCUT2D eigenvalue weighted by Gasteiger charge is -2.11. The highest BCUT2D eigenvalue weighted by molar-refractivity contribution is 5.54. The number of anilines is 1. The van der Waals surface area contributed by atoms with Crippen LogP contribution in [0.15, 0.2) is 27.8 Å². The van der Waals surface area contributed by atoms with Crippen molar-refractivity contribution in [3.63, 3.8) is 0 Å². The summed E-state index contributed by atoms with van der Waals surface area (Å²) in [6, 6.07) is 0. The van der Waals surface area contributed by atoms with Crippen LogP contribution in [0.2, 0.25) is 0 Å². The molecular weight excluding hydrogens is 204 g/mol. The summed E-state index contributed by atoms with van der Waals surface area (Å²) in [6.07, 6.45) is 4.07. The first kappa shape index (κ1) is 7.79. The maximum atomic E-state index is 5.27. The Morgan fingerprint density at radius 1 is 1.33 bits per heavy atom. The smallest absolute Gasteiger partial charge is 0.287 e. The zero-order valence-electron chi connectivity index (χ0n) is 7.19. The molecule has 0 aromatic carbocycles. The molecule has 0 unspecified atom stereocenters. The average molecular weight is 208 g/mol. The van der Waals surface area contributed by atoms with Gasteiger partial charge in [-0.15, -0.1) is 10.2 Å². The van der Waals surface area contributed by atoms with E-state index in [2.05, 4.69) is 30.5 Å². The van der Waals surface area contributed by atoms with Crippen LogP contribution in [0.4, 0.5) is 5.82 Å². The lowest BCUT2D eigenvalue weighted by atomic mass is 10.5. The Labute approximate surface area is 82.2 Å². The molecule has 0 saturated carbocycles. The van der Waals surface area contributed by atoms with E-state index in [0.717, 1.165) is 0 Å². The molecule has 0 spiro atoms. The molecule has 0 atom stereocenters. The topological polar surface area (TPSA) is 102 Å². The van der Waals surface area contributed by atoms with Gasteiger partial charge in [-0.05, 0) is 0 Å². The third kappa shape index (κ3) is 1.25. The van der Waals surface area contributed by atoms with Crippen molar-refractivity contribution in [2.45, 2.75) is 0 Å². The van der Waals surface area contributed by atoms with E-state index in [1.165, 1.54) is 17.8 Å². The minimum absolute atomic E-state index is 0.265. The summed E-state index contributed by atoms with van der Waals surface area (Å²) in [5, 5.41) is 15.4. The van der Waals surface area contributed by atoms with Crippen molar-refractivity contribution in [2.75, 3.05) is 5.17 Å². The SMILES string of the molecule is C1=C(c2nnco2)ON(c2conn2)N1. The fourth-order valence-corrected chi connectivity index (χ4v) is 1.01. The van der Waals surface area contributed by atoms with E-state index in [9.17, 15) is 0 Å². The van der Waals surface area contributed by atoms with Gasteiger partial charge in [-0.25, -0.2) is 0 Å². The standard InChI is InChI=1S/C6H4N6O3/c1-4(6-10-7-3-13-6)15-12(8-1)5-2-14-11-9-5/h1-3,8H. The van der Waals surface area contributed by atoms with E-state index in [0.29, 0.717) is 11.6 Å². The van der Waals surface area contributed by atoms with Crippen molar-refractivity contribution in [3.8, 4) is 0 Å². The minimum atomic E-state index is 0.265. The van der Waals surface area contributed by atoms with Crippen LogP contribution < -0.4 is 10.6 Å². The molecule has 0 bridgehead atoms. The normalized spacial score (nSPS) is 14.7. The predicted molar refractivity (Wildman–Crippen MR) is 43.3 cm³/mol. The Morgan fingerprint density at radius 3 is 3.07 bits per heavy atom. The van der Waals surface area contributed by atoms with Crippen LogP contribution in [-0.4, -0.2) is 20.6 Å². The Hall–Kier alpha value is -2.58. The van der Waals surface area contributed by atoms with E-state index in [4.69, 9.17) is 9.25 Å². The number of aromatic nitrogens is 4. The lowest BCUT2D eigenvalue weighted by molar-refractivity contribution is 0.232. The van der Waals surface area contributed by atoms with Crippen molar-refractivity contribution in [1.29, 1.82) is 0 Å². The average Bonchev–Trinajstić information content (AvgIpc) is 3.02. The number of nitrogens with zero attached hydrogens (tertiary/aromatic N) is 5. The monoisotopic (exact) mass is 208 g/mol. The van der Waals surface area contributed by atoms with Gasteiger partial charge >= 0.3 is 0 Å². The number of hydrazine groups is 1. The van der Waals surface area contributed by atoms with Crippen molar-refractivity contribution in [1.82, 2.24) is 26.0 Å².